The molecule has 0 saturated carbocycles. The number of hydrogen-bond acceptors (Lipinski definition) is 5. The van der Waals surface area contributed by atoms with Gasteiger partial charge in [-0.3, -0.25) is 9.59 Å². The molecule has 8 nitrogen and oxygen atoms in total. The molecule has 1 aliphatic heterocycles. The predicted octanol–water partition coefficient (Wildman–Crippen LogP) is 2.46. The van der Waals surface area contributed by atoms with E-state index in [0.717, 1.165) is 0 Å². The third-order valence-corrected chi connectivity index (χ3v) is 5.02. The van der Waals surface area contributed by atoms with E-state index in [9.17, 15) is 14.0 Å². The highest BCUT2D eigenvalue weighted by molar-refractivity contribution is 5.94. The average Bonchev–Trinajstić information content (AvgIpc) is 3.42. The van der Waals surface area contributed by atoms with Crippen LogP contribution in [0.5, 0.6) is 11.5 Å². The van der Waals surface area contributed by atoms with Gasteiger partial charge in [-0.25, -0.2) is 8.91 Å². The maximum Gasteiger partial charge on any atom is 0.276 e. The van der Waals surface area contributed by atoms with Crippen molar-refractivity contribution >= 4 is 11.4 Å². The standard InChI is InChI=1S/C22H17FN4O4/c23-16-4-1-14(2-5-16)17-12-18-22(29)26(9-10-27(18)25-17)8-7-24-21(28)15-3-6-19-20(11-15)31-13-30-19/h1-6,9-12H,7-8,13H2,(H,24,28). The first-order valence-corrected chi connectivity index (χ1v) is 9.61. The summed E-state index contributed by atoms with van der Waals surface area (Å²) in [6.07, 6.45) is 3.28. The molecule has 0 unspecified atom stereocenters. The van der Waals surface area contributed by atoms with Crippen molar-refractivity contribution in [2.75, 3.05) is 13.3 Å². The van der Waals surface area contributed by atoms with Gasteiger partial charge in [0, 0.05) is 36.6 Å². The predicted molar refractivity (Wildman–Crippen MR) is 110 cm³/mol. The number of amides is 1. The van der Waals surface area contributed by atoms with Crippen LogP contribution in [0.1, 0.15) is 10.4 Å². The third-order valence-electron chi connectivity index (χ3n) is 5.02. The first kappa shape index (κ1) is 18.9. The van der Waals surface area contributed by atoms with Gasteiger partial charge >= 0.3 is 0 Å². The lowest BCUT2D eigenvalue weighted by Crippen LogP contribution is -2.31. The summed E-state index contributed by atoms with van der Waals surface area (Å²) < 4.78 is 26.7. The van der Waals surface area contributed by atoms with Gasteiger partial charge < -0.3 is 19.4 Å². The molecule has 0 radical (unpaired) electrons. The largest absolute Gasteiger partial charge is 0.454 e. The van der Waals surface area contributed by atoms with Crippen molar-refractivity contribution in [1.82, 2.24) is 19.5 Å². The van der Waals surface area contributed by atoms with Crippen LogP contribution < -0.4 is 20.3 Å². The number of hydrogen-bond donors (Lipinski definition) is 1. The van der Waals surface area contributed by atoms with E-state index in [0.29, 0.717) is 40.4 Å². The molecule has 2 aromatic heterocycles. The van der Waals surface area contributed by atoms with Gasteiger partial charge in [0.05, 0.1) is 5.69 Å². The molecule has 0 atom stereocenters. The SMILES string of the molecule is O=C(NCCn1ccn2nc(-c3ccc(F)cc3)cc2c1=O)c1ccc2c(c1)OCO2. The van der Waals surface area contributed by atoms with Crippen LogP contribution in [0.15, 0.2) is 65.7 Å². The van der Waals surface area contributed by atoms with Gasteiger partial charge in [0.2, 0.25) is 6.79 Å². The highest BCUT2D eigenvalue weighted by Gasteiger charge is 2.16. The van der Waals surface area contributed by atoms with E-state index in [1.54, 1.807) is 48.8 Å². The highest BCUT2D eigenvalue weighted by Crippen LogP contribution is 2.32. The normalized spacial score (nSPS) is 12.3. The lowest BCUT2D eigenvalue weighted by molar-refractivity contribution is 0.0951. The van der Waals surface area contributed by atoms with E-state index >= 15 is 0 Å². The second kappa shape index (κ2) is 7.60. The Morgan fingerprint density at radius 1 is 1.06 bits per heavy atom. The molecule has 0 fully saturated rings. The minimum Gasteiger partial charge on any atom is -0.454 e. The van der Waals surface area contributed by atoms with Crippen LogP contribution in [0, 0.1) is 5.82 Å². The lowest BCUT2D eigenvalue weighted by Gasteiger charge is -2.08. The molecule has 1 amide bonds. The zero-order valence-corrected chi connectivity index (χ0v) is 16.2. The Labute approximate surface area is 175 Å². The van der Waals surface area contributed by atoms with Crippen LogP contribution in [-0.2, 0) is 6.54 Å². The Hall–Kier alpha value is -4.14. The Morgan fingerprint density at radius 3 is 2.71 bits per heavy atom. The van der Waals surface area contributed by atoms with E-state index < -0.39 is 0 Å². The molecule has 0 aliphatic carbocycles. The Kier molecular flexibility index (Phi) is 4.62. The summed E-state index contributed by atoms with van der Waals surface area (Å²) in [5.74, 6) is 0.539. The van der Waals surface area contributed by atoms with Gasteiger partial charge in [0.1, 0.15) is 11.3 Å². The number of nitrogens with one attached hydrogen (secondary N) is 1. The molecule has 1 N–H and O–H groups in total. The van der Waals surface area contributed by atoms with Crippen LogP contribution >= 0.6 is 0 Å². The molecular formula is C22H17FN4O4. The second-order valence-corrected chi connectivity index (χ2v) is 6.99. The quantitative estimate of drug-likeness (QED) is 0.536. The number of nitrogens with zero attached hydrogens (tertiary/aromatic N) is 3. The molecule has 5 rings (SSSR count). The van der Waals surface area contributed by atoms with E-state index in [-0.39, 0.29) is 30.6 Å². The van der Waals surface area contributed by atoms with Crippen LogP contribution in [0.2, 0.25) is 0 Å². The van der Waals surface area contributed by atoms with Gasteiger partial charge in [-0.1, -0.05) is 0 Å². The van der Waals surface area contributed by atoms with Gasteiger partial charge in [-0.2, -0.15) is 5.10 Å². The van der Waals surface area contributed by atoms with Crippen LogP contribution in [-0.4, -0.2) is 33.4 Å². The van der Waals surface area contributed by atoms with E-state index in [4.69, 9.17) is 9.47 Å². The maximum absolute atomic E-state index is 13.1. The average molecular weight is 420 g/mol. The van der Waals surface area contributed by atoms with Crippen molar-refractivity contribution in [2.24, 2.45) is 0 Å². The number of ether oxygens (including phenoxy) is 2. The van der Waals surface area contributed by atoms with E-state index in [1.165, 1.54) is 21.2 Å². The zero-order chi connectivity index (χ0) is 21.4. The zero-order valence-electron chi connectivity index (χ0n) is 16.2. The van der Waals surface area contributed by atoms with Crippen LogP contribution in [0.3, 0.4) is 0 Å². The first-order chi connectivity index (χ1) is 15.1. The minimum atomic E-state index is -0.335. The fourth-order valence-corrected chi connectivity index (χ4v) is 3.39. The third kappa shape index (κ3) is 3.61. The first-order valence-electron chi connectivity index (χ1n) is 9.61. The second-order valence-electron chi connectivity index (χ2n) is 6.99. The highest BCUT2D eigenvalue weighted by atomic mass is 19.1. The molecule has 9 heteroatoms. The van der Waals surface area contributed by atoms with E-state index in [2.05, 4.69) is 10.4 Å². The summed E-state index contributed by atoms with van der Waals surface area (Å²) in [6.45, 7) is 0.703. The molecule has 156 valence electrons. The number of aromatic nitrogens is 3. The smallest absolute Gasteiger partial charge is 0.276 e. The maximum atomic E-state index is 13.1. The summed E-state index contributed by atoms with van der Waals surface area (Å²) in [6, 6.07) is 12.6. The molecule has 1 aliphatic rings. The van der Waals surface area contributed by atoms with Crippen molar-refractivity contribution < 1.29 is 18.7 Å². The summed E-state index contributed by atoms with van der Waals surface area (Å²) in [7, 11) is 0. The fourth-order valence-electron chi connectivity index (χ4n) is 3.39. The van der Waals surface area contributed by atoms with Crippen molar-refractivity contribution in [3.8, 4) is 22.8 Å². The summed E-state index contributed by atoms with van der Waals surface area (Å²) in [5.41, 5.74) is 1.90. The van der Waals surface area contributed by atoms with Gasteiger partial charge in [0.25, 0.3) is 11.5 Å². The molecule has 4 aromatic rings. The minimum absolute atomic E-state index is 0.142. The van der Waals surface area contributed by atoms with Gasteiger partial charge in [0.15, 0.2) is 11.5 Å². The number of carbonyl (C=O) groups is 1. The number of fused-ring (bicyclic) bond motifs is 2. The number of rotatable bonds is 5. The lowest BCUT2D eigenvalue weighted by atomic mass is 10.1. The fraction of sp³-hybridized carbons (Fsp3) is 0.136. The monoisotopic (exact) mass is 420 g/mol. The van der Waals surface area contributed by atoms with Crippen molar-refractivity contribution in [2.45, 2.75) is 6.54 Å². The molecule has 0 saturated heterocycles. The number of carbonyl (C=O) groups excluding carboxylic acids is 1. The summed E-state index contributed by atoms with van der Waals surface area (Å²) in [5, 5.41) is 7.18. The Balaban J connectivity index is 1.29. The molecule has 0 bridgehead atoms. The number of benzene rings is 2. The molecule has 31 heavy (non-hydrogen) atoms. The Morgan fingerprint density at radius 2 is 1.87 bits per heavy atom. The van der Waals surface area contributed by atoms with Crippen molar-refractivity contribution in [3.05, 3.63) is 82.7 Å². The number of halogens is 1. The van der Waals surface area contributed by atoms with Gasteiger partial charge in [-0.15, -0.1) is 0 Å². The van der Waals surface area contributed by atoms with Crippen molar-refractivity contribution in [3.63, 3.8) is 0 Å². The molecular weight excluding hydrogens is 403 g/mol. The summed E-state index contributed by atoms with van der Waals surface area (Å²) in [4.78, 5) is 25.2. The molecule has 3 heterocycles. The molecule has 0 spiro atoms. The van der Waals surface area contributed by atoms with E-state index in [1.807, 2.05) is 0 Å². The molecule has 2 aromatic carbocycles. The van der Waals surface area contributed by atoms with Crippen molar-refractivity contribution in [1.29, 1.82) is 0 Å². The van der Waals surface area contributed by atoms with Gasteiger partial charge in [-0.05, 0) is 48.5 Å². The topological polar surface area (TPSA) is 86.9 Å². The van der Waals surface area contributed by atoms with Crippen LogP contribution in [0.25, 0.3) is 16.8 Å². The van der Waals surface area contributed by atoms with Crippen LogP contribution in [0.4, 0.5) is 4.39 Å². The summed E-state index contributed by atoms with van der Waals surface area (Å²) >= 11 is 0. The Bertz CT molecular complexity index is 1340.